The van der Waals surface area contributed by atoms with Crippen molar-refractivity contribution in [2.24, 2.45) is 5.16 Å². The van der Waals surface area contributed by atoms with Crippen LogP contribution in [0.5, 0.6) is 0 Å². The average Bonchev–Trinajstić information content (AvgIpc) is 3.76. The number of aromatic nitrogens is 1. The Bertz CT molecular complexity index is 2350. The lowest BCUT2D eigenvalue weighted by Crippen LogP contribution is -2.71. The van der Waals surface area contributed by atoms with Crippen molar-refractivity contribution in [2.75, 3.05) is 22.6 Å². The van der Waals surface area contributed by atoms with Crippen LogP contribution in [-0.2, 0) is 29.5 Å². The van der Waals surface area contributed by atoms with Gasteiger partial charge in [0.1, 0.15) is 35.5 Å². The maximum absolute atomic E-state index is 14.1. The summed E-state index contributed by atoms with van der Waals surface area (Å²) in [5.74, 6) is -1.17. The number of amides is 2. The highest BCUT2D eigenvalue weighted by atomic mass is 127. The number of anilines is 1. The van der Waals surface area contributed by atoms with Crippen LogP contribution in [0, 0.1) is 0 Å². The van der Waals surface area contributed by atoms with Gasteiger partial charge in [0.15, 0.2) is 16.9 Å². The molecule has 1 fully saturated rings. The summed E-state index contributed by atoms with van der Waals surface area (Å²) in [7, 11) is 1.35. The van der Waals surface area contributed by atoms with Crippen molar-refractivity contribution >= 4 is 74.3 Å². The number of thiazole rings is 1. The van der Waals surface area contributed by atoms with Crippen molar-refractivity contribution in [1.82, 2.24) is 15.2 Å². The van der Waals surface area contributed by atoms with Gasteiger partial charge >= 0.3 is 5.97 Å². The number of carbonyl (C=O) groups is 3. The Hall–Kier alpha value is -5.77. The lowest BCUT2D eigenvalue weighted by atomic mass is 9.77. The van der Waals surface area contributed by atoms with Gasteiger partial charge in [0.2, 0.25) is 0 Å². The van der Waals surface area contributed by atoms with E-state index in [0.717, 1.165) is 33.4 Å². The fourth-order valence-electron chi connectivity index (χ4n) is 7.41. The van der Waals surface area contributed by atoms with Gasteiger partial charge in [-0.15, -0.1) is 23.1 Å². The molecule has 5 aromatic carbocycles. The van der Waals surface area contributed by atoms with Crippen LogP contribution >= 0.6 is 45.7 Å². The molecule has 2 atom stereocenters. The zero-order chi connectivity index (χ0) is 40.8. The van der Waals surface area contributed by atoms with E-state index in [4.69, 9.17) is 14.6 Å². The van der Waals surface area contributed by atoms with E-state index in [2.05, 4.69) is 74.8 Å². The highest BCUT2D eigenvalue weighted by molar-refractivity contribution is 14.1. The number of hydrogen-bond acceptors (Lipinski definition) is 10. The molecule has 1 saturated heterocycles. The lowest BCUT2D eigenvalue weighted by molar-refractivity contribution is -0.154. The Kier molecular flexibility index (Phi) is 12.2. The van der Waals surface area contributed by atoms with Crippen molar-refractivity contribution < 1.29 is 24.0 Å². The van der Waals surface area contributed by atoms with Crippen LogP contribution in [0.1, 0.15) is 39.6 Å². The summed E-state index contributed by atoms with van der Waals surface area (Å²) in [6.07, 6.45) is -0.684. The smallest absolute Gasteiger partial charge is 0.356 e. The van der Waals surface area contributed by atoms with Gasteiger partial charge in [0.25, 0.3) is 11.8 Å². The number of esters is 1. The number of alkyl halides is 1. The quantitative estimate of drug-likeness (QED) is 0.0213. The molecule has 0 saturated carbocycles. The highest BCUT2D eigenvalue weighted by Gasteiger charge is 2.55. The zero-order valence-electron chi connectivity index (χ0n) is 31.7. The predicted molar refractivity (Wildman–Crippen MR) is 240 cm³/mol. The van der Waals surface area contributed by atoms with Crippen molar-refractivity contribution in [3.05, 3.63) is 202 Å². The summed E-state index contributed by atoms with van der Waals surface area (Å²) in [5.41, 5.74) is 4.94. The van der Waals surface area contributed by atoms with Crippen molar-refractivity contribution in [1.29, 1.82) is 0 Å². The van der Waals surface area contributed by atoms with Crippen LogP contribution in [0.3, 0.4) is 0 Å². The molecule has 6 aromatic rings. The van der Waals surface area contributed by atoms with Crippen LogP contribution in [-0.4, -0.2) is 62.1 Å². The largest absolute Gasteiger partial charge is 0.448 e. The van der Waals surface area contributed by atoms with E-state index in [1.807, 2.05) is 115 Å². The number of ether oxygens (including phenoxy) is 1. The van der Waals surface area contributed by atoms with Crippen molar-refractivity contribution in [3.63, 3.8) is 0 Å². The highest BCUT2D eigenvalue weighted by Crippen LogP contribution is 2.43. The second-order valence-corrected chi connectivity index (χ2v) is 16.4. The van der Waals surface area contributed by atoms with E-state index < -0.39 is 40.8 Å². The summed E-state index contributed by atoms with van der Waals surface area (Å²) in [6.45, 7) is 0. The molecular weight excluding hydrogens is 894 g/mol. The Labute approximate surface area is 363 Å². The van der Waals surface area contributed by atoms with E-state index in [1.54, 1.807) is 5.38 Å². The van der Waals surface area contributed by atoms with E-state index >= 15 is 0 Å². The molecule has 59 heavy (non-hydrogen) atoms. The number of rotatable bonds is 14. The minimum Gasteiger partial charge on any atom is -0.448 e. The van der Waals surface area contributed by atoms with Crippen LogP contribution in [0.15, 0.2) is 173 Å². The topological polar surface area (TPSA) is 122 Å². The summed E-state index contributed by atoms with van der Waals surface area (Å²) < 4.78 is 6.74. The third kappa shape index (κ3) is 8.01. The first-order chi connectivity index (χ1) is 28.9. The number of nitrogens with one attached hydrogen (secondary N) is 2. The monoisotopic (exact) mass is 931 g/mol. The molecule has 0 radical (unpaired) electrons. The first-order valence-corrected chi connectivity index (χ1v) is 22.2. The number of carbonyl (C=O) groups excluding carboxylic acids is 3. The molecule has 296 valence electrons. The first kappa shape index (κ1) is 40.0. The second-order valence-electron chi connectivity index (χ2n) is 13.7. The molecule has 2 N–H and O–H groups in total. The second kappa shape index (κ2) is 18.0. The number of oxime groups is 1. The Balaban J connectivity index is 1.03. The normalized spacial score (nSPS) is 16.6. The van der Waals surface area contributed by atoms with Gasteiger partial charge in [-0.25, -0.2) is 9.78 Å². The Morgan fingerprint density at radius 2 is 1.34 bits per heavy atom. The van der Waals surface area contributed by atoms with Crippen LogP contribution < -0.4 is 10.6 Å². The minimum atomic E-state index is -0.926. The van der Waals surface area contributed by atoms with E-state index in [0.29, 0.717) is 15.3 Å². The summed E-state index contributed by atoms with van der Waals surface area (Å²) in [6, 6.07) is 48.5. The molecule has 2 aliphatic heterocycles. The number of nitrogens with zero attached hydrogens (tertiary/aromatic N) is 3. The molecule has 13 heteroatoms. The Morgan fingerprint density at radius 1 is 0.831 bits per heavy atom. The number of halogens is 1. The standard InChI is InChI=1S/C46H38IN5O5S2/c1-56-51-37(36-29-59-45(48-36)50-46(33-21-11-4-12-22-33,34-23-13-5-14-24-34)35-25-15-6-16-26-35)41(53)49-38-42(54)52-39(32(27-47)28-58-43(38)52)44(55)57-40(30-17-7-2-8-18-30)31-19-9-3-10-20-31/h2-26,29,38,40,43H,27-28H2,1H3,(H,48,50)(H,49,53)/b51-37-. The Morgan fingerprint density at radius 3 is 1.83 bits per heavy atom. The third-order valence-corrected chi connectivity index (χ3v) is 13.2. The molecule has 1 aromatic heterocycles. The van der Waals surface area contributed by atoms with E-state index in [9.17, 15) is 14.4 Å². The predicted octanol–water partition coefficient (Wildman–Crippen LogP) is 8.32. The van der Waals surface area contributed by atoms with Gasteiger partial charge in [-0.1, -0.05) is 179 Å². The van der Waals surface area contributed by atoms with Crippen LogP contribution in [0.2, 0.25) is 0 Å². The minimum absolute atomic E-state index is 0.0923. The summed E-state index contributed by atoms with van der Waals surface area (Å²) in [4.78, 5) is 53.6. The molecule has 0 spiro atoms. The number of fused-ring (bicyclic) bond motifs is 1. The van der Waals surface area contributed by atoms with Gasteiger partial charge < -0.3 is 20.2 Å². The molecule has 0 aliphatic carbocycles. The van der Waals surface area contributed by atoms with Crippen LogP contribution in [0.4, 0.5) is 5.13 Å². The fraction of sp³-hybridized carbons (Fsp3) is 0.152. The zero-order valence-corrected chi connectivity index (χ0v) is 35.5. The van der Waals surface area contributed by atoms with Crippen molar-refractivity contribution in [3.8, 4) is 0 Å². The number of β-lactam (4-membered cyclic amide) rings is 1. The van der Waals surface area contributed by atoms with Gasteiger partial charge in [-0.3, -0.25) is 14.5 Å². The first-order valence-electron chi connectivity index (χ1n) is 18.8. The van der Waals surface area contributed by atoms with Gasteiger partial charge in [-0.2, -0.15) is 0 Å². The maximum Gasteiger partial charge on any atom is 0.356 e. The molecule has 10 nitrogen and oxygen atoms in total. The molecule has 0 bridgehead atoms. The van der Waals surface area contributed by atoms with E-state index in [1.165, 1.54) is 35.1 Å². The molecule has 8 rings (SSSR count). The summed E-state index contributed by atoms with van der Waals surface area (Å²) >= 11 is 5.01. The number of thioether (sulfide) groups is 1. The number of hydrogen-bond donors (Lipinski definition) is 2. The fourth-order valence-corrected chi connectivity index (χ4v) is 10.5. The van der Waals surface area contributed by atoms with Crippen molar-refractivity contribution in [2.45, 2.75) is 23.1 Å². The molecule has 3 heterocycles. The van der Waals surface area contributed by atoms with Gasteiger partial charge in [0.05, 0.1) is 0 Å². The molecule has 2 unspecified atom stereocenters. The molecule has 2 amide bonds. The molecular formula is C46H38IN5O5S2. The molecule has 2 aliphatic rings. The van der Waals surface area contributed by atoms with Crippen LogP contribution in [0.25, 0.3) is 0 Å². The van der Waals surface area contributed by atoms with Gasteiger partial charge in [0, 0.05) is 15.6 Å². The maximum atomic E-state index is 14.1. The number of benzene rings is 5. The van der Waals surface area contributed by atoms with E-state index in [-0.39, 0.29) is 17.1 Å². The average molecular weight is 932 g/mol. The SMILES string of the molecule is CO/N=C(\C(=O)NC1C(=O)N2C(C(=O)OC(c3ccccc3)c3ccccc3)=C(CI)CSC12)c1csc(NC(c2ccccc2)(c2ccccc2)c2ccccc2)n1. The van der Waals surface area contributed by atoms with Gasteiger partial charge in [-0.05, 0) is 33.4 Å². The third-order valence-electron chi connectivity index (χ3n) is 10.2. The lowest BCUT2D eigenvalue weighted by Gasteiger charge is -2.49. The summed E-state index contributed by atoms with van der Waals surface area (Å²) in [5, 5.41) is 12.4.